The molecular formula is C33H52Cl2O2PRu+. The molecule has 0 aromatic heterocycles. The van der Waals surface area contributed by atoms with Gasteiger partial charge in [0.25, 0.3) is 0 Å². The molecule has 4 aliphatic rings. The van der Waals surface area contributed by atoms with Crippen molar-refractivity contribution in [1.82, 2.24) is 0 Å². The van der Waals surface area contributed by atoms with Crippen LogP contribution < -0.4 is 4.74 Å². The number of ether oxygens (including phenoxy) is 1. The first-order valence-corrected chi connectivity index (χ1v) is 23.2. The molecule has 0 aliphatic heterocycles. The molecule has 39 heavy (non-hydrogen) atoms. The van der Waals surface area contributed by atoms with E-state index in [4.69, 9.17) is 24.1 Å². The summed E-state index contributed by atoms with van der Waals surface area (Å²) in [6.07, 6.45) is 27.7. The van der Waals surface area contributed by atoms with Gasteiger partial charge < -0.3 is 0 Å². The van der Waals surface area contributed by atoms with Gasteiger partial charge in [-0.2, -0.15) is 0 Å². The van der Waals surface area contributed by atoms with Gasteiger partial charge in [-0.1, -0.05) is 19.3 Å². The van der Waals surface area contributed by atoms with E-state index in [-0.39, 0.29) is 19.6 Å². The Morgan fingerprint density at radius 3 is 1.67 bits per heavy atom. The number of carbonyl (C=O) groups is 1. The molecule has 1 atom stereocenters. The van der Waals surface area contributed by atoms with Crippen LogP contribution in [0.25, 0.3) is 0 Å². The molecule has 1 unspecified atom stereocenters. The molecule has 2 nitrogen and oxygen atoms in total. The van der Waals surface area contributed by atoms with Crippen LogP contribution in [-0.4, -0.2) is 33.5 Å². The third kappa shape index (κ3) is 10.2. The summed E-state index contributed by atoms with van der Waals surface area (Å²) in [4.78, 5) is 12.3. The second-order valence-corrected chi connectivity index (χ2v) is 21.7. The van der Waals surface area contributed by atoms with E-state index in [1.165, 1.54) is 17.0 Å². The van der Waals surface area contributed by atoms with Crippen molar-refractivity contribution in [2.75, 3.05) is 0 Å². The van der Waals surface area contributed by atoms with Gasteiger partial charge in [-0.3, -0.25) is 0 Å². The maximum atomic E-state index is 12.3. The summed E-state index contributed by atoms with van der Waals surface area (Å²) >= 11 is -1.90. The SMILES string of the molecule is C1CCC([PH+](C2CCCCC2)C2CCCCC2)CC1.CC(Oc1ccccc1[CH]=[Ru]([Cl])[Cl])C(=O)C1CCCC1. The van der Waals surface area contributed by atoms with Crippen LogP contribution in [0.2, 0.25) is 0 Å². The standard InChI is InChI=1S/C18H33P.C15H18O2.2ClH.Ru/c1-4-10-16(11-5-1)19(17-12-6-2-7-13-17)18-14-8-3-9-15-18;1-11-7-3-6-10-14(11)17-12(2)15(16)13-8-4-5-9-13;;;/h16-18H,1-15H2;1,3,6-7,10,12-13H,4-5,8-9H2,2H3;2*1H;/q;;;;+2/p-1. The monoisotopic (exact) mass is 683 g/mol. The van der Waals surface area contributed by atoms with Gasteiger partial charge in [-0.05, 0) is 77.0 Å². The van der Waals surface area contributed by atoms with Crippen LogP contribution in [-0.2, 0) is 18.3 Å². The number of ketones is 1. The third-order valence-electron chi connectivity index (χ3n) is 9.80. The van der Waals surface area contributed by atoms with E-state index < -0.39 is 19.6 Å². The Kier molecular flexibility index (Phi) is 14.3. The van der Waals surface area contributed by atoms with Gasteiger partial charge in [-0.15, -0.1) is 0 Å². The average molecular weight is 684 g/mol. The number of para-hydroxylation sites is 1. The first-order valence-electron chi connectivity index (χ1n) is 16.0. The number of carbonyl (C=O) groups excluding carboxylic acids is 1. The van der Waals surface area contributed by atoms with E-state index >= 15 is 0 Å². The van der Waals surface area contributed by atoms with Gasteiger partial charge in [0.2, 0.25) is 0 Å². The van der Waals surface area contributed by atoms with Gasteiger partial charge in [0.05, 0.1) is 17.0 Å². The molecule has 4 saturated carbocycles. The second kappa shape index (κ2) is 17.3. The fourth-order valence-corrected chi connectivity index (χ4v) is 14.9. The van der Waals surface area contributed by atoms with Crippen LogP contribution in [0.4, 0.5) is 0 Å². The zero-order valence-corrected chi connectivity index (χ0v) is 28.4. The van der Waals surface area contributed by atoms with Gasteiger partial charge >= 0.3 is 133 Å². The van der Waals surface area contributed by atoms with E-state index in [1.807, 2.05) is 35.8 Å². The van der Waals surface area contributed by atoms with Gasteiger partial charge in [0, 0.05) is 7.92 Å². The fraction of sp³-hybridized carbons (Fsp3) is 0.758. The average Bonchev–Trinajstić information content (AvgIpc) is 3.51. The predicted molar refractivity (Wildman–Crippen MR) is 169 cm³/mol. The molecule has 6 heteroatoms. The van der Waals surface area contributed by atoms with Crippen LogP contribution in [0.15, 0.2) is 24.3 Å². The molecule has 0 spiro atoms. The molecule has 4 fully saturated rings. The summed E-state index contributed by atoms with van der Waals surface area (Å²) in [5.41, 5.74) is 4.56. The number of hydrogen-bond donors (Lipinski definition) is 0. The molecule has 0 bridgehead atoms. The Labute approximate surface area is 253 Å². The zero-order chi connectivity index (χ0) is 27.5. The van der Waals surface area contributed by atoms with Crippen molar-refractivity contribution < 1.29 is 23.0 Å². The molecule has 0 radical (unpaired) electrons. The molecule has 0 saturated heterocycles. The van der Waals surface area contributed by atoms with E-state index in [0.717, 1.165) is 31.2 Å². The maximum absolute atomic E-state index is 12.3. The van der Waals surface area contributed by atoms with Crippen molar-refractivity contribution in [3.8, 4) is 5.75 Å². The predicted octanol–water partition coefficient (Wildman–Crippen LogP) is 10.5. The van der Waals surface area contributed by atoms with Crippen molar-refractivity contribution in [3.63, 3.8) is 0 Å². The van der Waals surface area contributed by atoms with E-state index in [9.17, 15) is 4.79 Å². The number of rotatable bonds is 8. The number of benzene rings is 1. The minimum absolute atomic E-state index is 0.0465. The van der Waals surface area contributed by atoms with Crippen LogP contribution >= 0.6 is 27.3 Å². The topological polar surface area (TPSA) is 26.3 Å². The van der Waals surface area contributed by atoms with Crippen LogP contribution in [0.1, 0.15) is 134 Å². The van der Waals surface area contributed by atoms with Crippen molar-refractivity contribution in [3.05, 3.63) is 29.8 Å². The van der Waals surface area contributed by atoms with Crippen LogP contribution in [0.5, 0.6) is 5.75 Å². The Balaban J connectivity index is 0.000000181. The normalized spacial score (nSPS) is 23.1. The summed E-state index contributed by atoms with van der Waals surface area (Å²) in [6.45, 7) is 1.83. The first-order chi connectivity index (χ1) is 19.0. The zero-order valence-electron chi connectivity index (χ0n) is 24.1. The van der Waals surface area contributed by atoms with Crippen molar-refractivity contribution >= 4 is 37.7 Å². The summed E-state index contributed by atoms with van der Waals surface area (Å²) in [6, 6.07) is 7.57. The summed E-state index contributed by atoms with van der Waals surface area (Å²) < 4.78 is 7.69. The van der Waals surface area contributed by atoms with E-state index in [1.54, 1.807) is 96.3 Å². The fourth-order valence-electron chi connectivity index (χ4n) is 7.85. The Morgan fingerprint density at radius 1 is 0.769 bits per heavy atom. The molecule has 5 rings (SSSR count). The van der Waals surface area contributed by atoms with Gasteiger partial charge in [0.15, 0.2) is 0 Å². The molecule has 1 aromatic rings. The molecular weight excluding hydrogens is 631 g/mol. The molecule has 222 valence electrons. The molecule has 0 N–H and O–H groups in total. The number of halogens is 2. The van der Waals surface area contributed by atoms with Crippen molar-refractivity contribution in [2.45, 2.75) is 152 Å². The summed E-state index contributed by atoms with van der Waals surface area (Å²) in [5, 5.41) is 0. The van der Waals surface area contributed by atoms with Crippen molar-refractivity contribution in [1.29, 1.82) is 0 Å². The van der Waals surface area contributed by atoms with Gasteiger partial charge in [0.1, 0.15) is 0 Å². The third-order valence-corrected chi connectivity index (χ3v) is 16.2. The van der Waals surface area contributed by atoms with Crippen molar-refractivity contribution in [2.24, 2.45) is 5.92 Å². The minimum atomic E-state index is -1.90. The Hall–Kier alpha value is 0.193. The van der Waals surface area contributed by atoms with E-state index in [2.05, 4.69) is 0 Å². The first kappa shape index (κ1) is 32.1. The van der Waals surface area contributed by atoms with Crippen LogP contribution in [0.3, 0.4) is 0 Å². The second-order valence-electron chi connectivity index (χ2n) is 12.5. The Bertz CT molecular complexity index is 854. The van der Waals surface area contributed by atoms with E-state index in [0.29, 0.717) is 5.75 Å². The summed E-state index contributed by atoms with van der Waals surface area (Å²) in [7, 11) is 11.8. The quantitative estimate of drug-likeness (QED) is 0.201. The summed E-state index contributed by atoms with van der Waals surface area (Å²) in [5.74, 6) is 1.07. The number of hydrogen-bond acceptors (Lipinski definition) is 2. The molecule has 0 amide bonds. The molecule has 1 aromatic carbocycles. The molecule has 4 aliphatic carbocycles. The number of Topliss-reactive ketones (excluding diaryl/α,β-unsaturated/α-hetero) is 1. The van der Waals surface area contributed by atoms with Crippen LogP contribution in [0, 0.1) is 5.92 Å². The van der Waals surface area contributed by atoms with Gasteiger partial charge in [-0.25, -0.2) is 0 Å². The molecule has 0 heterocycles. The Morgan fingerprint density at radius 2 is 1.21 bits per heavy atom.